The highest BCUT2D eigenvalue weighted by Crippen LogP contribution is 2.31. The summed E-state index contributed by atoms with van der Waals surface area (Å²) in [4.78, 5) is 27.0. The first kappa shape index (κ1) is 22.2. The Morgan fingerprint density at radius 1 is 0.939 bits per heavy atom. The van der Waals surface area contributed by atoms with Crippen LogP contribution in [0.15, 0.2) is 72.8 Å². The average molecular weight is 447 g/mol. The molecule has 170 valence electrons. The van der Waals surface area contributed by atoms with Gasteiger partial charge in [0.15, 0.2) is 6.61 Å². The molecule has 0 radical (unpaired) electrons. The summed E-state index contributed by atoms with van der Waals surface area (Å²) < 4.78 is 16.0. The van der Waals surface area contributed by atoms with E-state index in [4.69, 9.17) is 14.2 Å². The maximum absolute atomic E-state index is 13.0. The third-order valence-corrected chi connectivity index (χ3v) is 5.57. The molecule has 0 atom stereocenters. The Kier molecular flexibility index (Phi) is 6.78. The number of ether oxygens (including phenoxy) is 3. The molecule has 1 aliphatic rings. The third-order valence-electron chi connectivity index (χ3n) is 5.57. The molecule has 1 N–H and O–H groups in total. The quantitative estimate of drug-likeness (QED) is 0.571. The smallest absolute Gasteiger partial charge is 0.265 e. The van der Waals surface area contributed by atoms with E-state index in [0.29, 0.717) is 11.4 Å². The number of carbonyl (C=O) groups is 2. The van der Waals surface area contributed by atoms with Crippen molar-refractivity contribution < 1.29 is 23.8 Å². The summed E-state index contributed by atoms with van der Waals surface area (Å²) in [5.74, 6) is 1.80. The number of anilines is 1. The molecule has 0 spiro atoms. The lowest BCUT2D eigenvalue weighted by molar-refractivity contribution is -0.122. The SMILES string of the molecule is COc1ccc(C(NC(=O)CCN2C(=O)COc3ccccc32)c2ccc(OC)cc2)cc1. The molecular weight excluding hydrogens is 420 g/mol. The van der Waals surface area contributed by atoms with Crippen LogP contribution in [0.1, 0.15) is 23.6 Å². The third kappa shape index (κ3) is 5.09. The second kappa shape index (κ2) is 10.1. The van der Waals surface area contributed by atoms with Crippen LogP contribution in [-0.4, -0.2) is 39.2 Å². The van der Waals surface area contributed by atoms with Crippen LogP contribution in [0.5, 0.6) is 17.2 Å². The lowest BCUT2D eigenvalue weighted by Gasteiger charge is -2.29. The molecule has 0 aliphatic carbocycles. The Labute approximate surface area is 192 Å². The van der Waals surface area contributed by atoms with E-state index in [2.05, 4.69) is 5.32 Å². The van der Waals surface area contributed by atoms with Gasteiger partial charge in [-0.25, -0.2) is 0 Å². The maximum atomic E-state index is 13.0. The van der Waals surface area contributed by atoms with E-state index in [0.717, 1.165) is 22.6 Å². The van der Waals surface area contributed by atoms with Crippen LogP contribution in [0, 0.1) is 0 Å². The van der Waals surface area contributed by atoms with Crippen LogP contribution in [0.4, 0.5) is 5.69 Å². The number of benzene rings is 3. The van der Waals surface area contributed by atoms with E-state index in [-0.39, 0.29) is 37.4 Å². The number of nitrogens with one attached hydrogen (secondary N) is 1. The second-order valence-electron chi connectivity index (χ2n) is 7.60. The molecule has 1 heterocycles. The van der Waals surface area contributed by atoms with Crippen molar-refractivity contribution in [3.05, 3.63) is 83.9 Å². The second-order valence-corrected chi connectivity index (χ2v) is 7.60. The first-order valence-corrected chi connectivity index (χ1v) is 10.7. The van der Waals surface area contributed by atoms with Gasteiger partial charge in [0.05, 0.1) is 25.9 Å². The van der Waals surface area contributed by atoms with E-state index in [1.165, 1.54) is 0 Å². The molecule has 0 aromatic heterocycles. The van der Waals surface area contributed by atoms with E-state index in [1.54, 1.807) is 19.1 Å². The van der Waals surface area contributed by atoms with Crippen molar-refractivity contribution in [3.8, 4) is 17.2 Å². The van der Waals surface area contributed by atoms with Crippen LogP contribution < -0.4 is 24.4 Å². The Bertz CT molecular complexity index is 1060. The molecular formula is C26H26N2O5. The summed E-state index contributed by atoms with van der Waals surface area (Å²) in [6, 6.07) is 22.1. The molecule has 0 bridgehead atoms. The minimum atomic E-state index is -0.359. The van der Waals surface area contributed by atoms with Gasteiger partial charge >= 0.3 is 0 Å². The number of nitrogens with zero attached hydrogens (tertiary/aromatic N) is 1. The summed E-state index contributed by atoms with van der Waals surface area (Å²) in [6.45, 7) is 0.238. The van der Waals surface area contributed by atoms with E-state index < -0.39 is 0 Å². The van der Waals surface area contributed by atoms with E-state index in [1.807, 2.05) is 72.8 Å². The fourth-order valence-electron chi connectivity index (χ4n) is 3.80. The highest BCUT2D eigenvalue weighted by Gasteiger charge is 2.26. The van der Waals surface area contributed by atoms with Crippen molar-refractivity contribution in [1.82, 2.24) is 5.32 Å². The molecule has 2 amide bonds. The van der Waals surface area contributed by atoms with Gasteiger partial charge in [0, 0.05) is 13.0 Å². The van der Waals surface area contributed by atoms with Gasteiger partial charge in [0.2, 0.25) is 5.91 Å². The van der Waals surface area contributed by atoms with Gasteiger partial charge in [0.25, 0.3) is 5.91 Å². The maximum Gasteiger partial charge on any atom is 0.265 e. The number of rotatable bonds is 8. The monoisotopic (exact) mass is 446 g/mol. The lowest BCUT2D eigenvalue weighted by atomic mass is 9.98. The molecule has 33 heavy (non-hydrogen) atoms. The summed E-state index contributed by atoms with van der Waals surface area (Å²) in [5.41, 5.74) is 2.52. The normalized spacial score (nSPS) is 12.7. The summed E-state index contributed by atoms with van der Waals surface area (Å²) >= 11 is 0. The number of amides is 2. The molecule has 4 rings (SSSR count). The summed E-state index contributed by atoms with van der Waals surface area (Å²) in [6.07, 6.45) is 0.156. The van der Waals surface area contributed by atoms with Crippen molar-refractivity contribution in [1.29, 1.82) is 0 Å². The molecule has 3 aromatic rings. The van der Waals surface area contributed by atoms with Crippen molar-refractivity contribution in [2.75, 3.05) is 32.3 Å². The fraction of sp³-hybridized carbons (Fsp3) is 0.231. The largest absolute Gasteiger partial charge is 0.497 e. The molecule has 0 saturated carbocycles. The average Bonchev–Trinajstić information content (AvgIpc) is 2.87. The van der Waals surface area contributed by atoms with Crippen LogP contribution in [0.2, 0.25) is 0 Å². The number of fused-ring (bicyclic) bond motifs is 1. The lowest BCUT2D eigenvalue weighted by Crippen LogP contribution is -2.41. The molecule has 7 heteroatoms. The minimum Gasteiger partial charge on any atom is -0.497 e. The molecule has 0 fully saturated rings. The Morgan fingerprint density at radius 3 is 2.09 bits per heavy atom. The highest BCUT2D eigenvalue weighted by atomic mass is 16.5. The van der Waals surface area contributed by atoms with Gasteiger partial charge in [-0.15, -0.1) is 0 Å². The van der Waals surface area contributed by atoms with Crippen LogP contribution in [0.25, 0.3) is 0 Å². The van der Waals surface area contributed by atoms with E-state index >= 15 is 0 Å². The predicted molar refractivity (Wildman–Crippen MR) is 125 cm³/mol. The van der Waals surface area contributed by atoms with Gasteiger partial charge in [-0.2, -0.15) is 0 Å². The number of hydrogen-bond donors (Lipinski definition) is 1. The standard InChI is InChI=1S/C26H26N2O5/c1-31-20-11-7-18(8-12-20)26(19-9-13-21(32-2)14-10-19)27-24(29)15-16-28-22-5-3-4-6-23(22)33-17-25(28)30/h3-14,26H,15-17H2,1-2H3,(H,27,29). The van der Waals surface area contributed by atoms with Crippen LogP contribution in [-0.2, 0) is 9.59 Å². The predicted octanol–water partition coefficient (Wildman–Crippen LogP) is 3.73. The zero-order valence-electron chi connectivity index (χ0n) is 18.6. The summed E-state index contributed by atoms with van der Waals surface area (Å²) in [7, 11) is 3.23. The van der Waals surface area contributed by atoms with E-state index in [9.17, 15) is 9.59 Å². The molecule has 1 aliphatic heterocycles. The van der Waals surface area contributed by atoms with Gasteiger partial charge in [-0.05, 0) is 47.5 Å². The number of hydrogen-bond acceptors (Lipinski definition) is 5. The Hall–Kier alpha value is -4.00. The van der Waals surface area contributed by atoms with Crippen LogP contribution in [0.3, 0.4) is 0 Å². The number of para-hydroxylation sites is 2. The zero-order valence-corrected chi connectivity index (χ0v) is 18.6. The van der Waals surface area contributed by atoms with Crippen molar-refractivity contribution in [3.63, 3.8) is 0 Å². The fourth-order valence-corrected chi connectivity index (χ4v) is 3.80. The highest BCUT2D eigenvalue weighted by molar-refractivity contribution is 5.98. The Balaban J connectivity index is 1.50. The molecule has 3 aromatic carbocycles. The van der Waals surface area contributed by atoms with Gasteiger partial charge in [-0.1, -0.05) is 36.4 Å². The van der Waals surface area contributed by atoms with Gasteiger partial charge in [-0.3, -0.25) is 9.59 Å². The molecule has 7 nitrogen and oxygen atoms in total. The molecule has 0 unspecified atom stereocenters. The number of carbonyl (C=O) groups excluding carboxylic acids is 2. The molecule has 0 saturated heterocycles. The van der Waals surface area contributed by atoms with Crippen molar-refractivity contribution in [2.45, 2.75) is 12.5 Å². The van der Waals surface area contributed by atoms with Crippen molar-refractivity contribution in [2.24, 2.45) is 0 Å². The number of methoxy groups -OCH3 is 2. The van der Waals surface area contributed by atoms with Crippen LogP contribution >= 0.6 is 0 Å². The van der Waals surface area contributed by atoms with Crippen molar-refractivity contribution >= 4 is 17.5 Å². The first-order valence-electron chi connectivity index (χ1n) is 10.7. The minimum absolute atomic E-state index is 0.0288. The topological polar surface area (TPSA) is 77.1 Å². The van der Waals surface area contributed by atoms with Gasteiger partial charge < -0.3 is 24.4 Å². The van der Waals surface area contributed by atoms with Gasteiger partial charge in [0.1, 0.15) is 17.2 Å². The summed E-state index contributed by atoms with van der Waals surface area (Å²) in [5, 5.41) is 3.11. The first-order chi connectivity index (χ1) is 16.1. The Morgan fingerprint density at radius 2 is 1.52 bits per heavy atom. The zero-order chi connectivity index (χ0) is 23.2.